The van der Waals surface area contributed by atoms with Crippen LogP contribution in [0.25, 0.3) is 10.6 Å². The number of thiazole rings is 2. The van der Waals surface area contributed by atoms with Gasteiger partial charge in [0.15, 0.2) is 0 Å². The minimum absolute atomic E-state index is 0.257. The summed E-state index contributed by atoms with van der Waals surface area (Å²) in [5.74, 6) is 0. The fourth-order valence-electron chi connectivity index (χ4n) is 4.92. The number of hydrogen-bond donors (Lipinski definition) is 0. The fourth-order valence-corrected chi connectivity index (χ4v) is 6.43. The lowest BCUT2D eigenvalue weighted by molar-refractivity contribution is 0.00578. The highest BCUT2D eigenvalue weighted by molar-refractivity contribution is 9.10. The average Bonchev–Trinajstić information content (AvgIpc) is 3.71. The number of rotatable bonds is 2. The summed E-state index contributed by atoms with van der Waals surface area (Å²) >= 11 is 6.59. The van der Waals surface area contributed by atoms with Crippen LogP contribution in [0.4, 0.5) is 0 Å². The van der Waals surface area contributed by atoms with E-state index in [0.717, 1.165) is 27.9 Å². The lowest BCUT2D eigenvalue weighted by Gasteiger charge is -2.32. The minimum atomic E-state index is -0.262. The Morgan fingerprint density at radius 3 is 1.90 bits per heavy atom. The van der Waals surface area contributed by atoms with E-state index in [0.29, 0.717) is 0 Å². The van der Waals surface area contributed by atoms with Crippen molar-refractivity contribution in [3.05, 3.63) is 74.8 Å². The smallest absolute Gasteiger partial charge is 0.399 e. The van der Waals surface area contributed by atoms with Crippen molar-refractivity contribution in [2.75, 3.05) is 0 Å². The van der Waals surface area contributed by atoms with Crippen LogP contribution in [0.5, 0.6) is 0 Å². The molecule has 0 unspecified atom stereocenters. The second-order valence-electron chi connectivity index (χ2n) is 11.3. The van der Waals surface area contributed by atoms with E-state index < -0.39 is 0 Å². The highest BCUT2D eigenvalue weighted by Gasteiger charge is 2.52. The zero-order valence-corrected chi connectivity index (χ0v) is 26.9. The van der Waals surface area contributed by atoms with Crippen LogP contribution in [0, 0.1) is 0 Å². The van der Waals surface area contributed by atoms with E-state index in [-0.39, 0.29) is 18.3 Å². The van der Waals surface area contributed by atoms with E-state index in [1.54, 1.807) is 34.4 Å². The fraction of sp³-hybridized carbons (Fsp3) is 0.467. The summed E-state index contributed by atoms with van der Waals surface area (Å²) in [6.07, 6.45) is 13.6. The van der Waals surface area contributed by atoms with Gasteiger partial charge in [-0.05, 0) is 118 Å². The van der Waals surface area contributed by atoms with Gasteiger partial charge in [-0.15, -0.1) is 22.7 Å². The molecule has 1 aliphatic heterocycles. The van der Waals surface area contributed by atoms with Gasteiger partial charge in [-0.2, -0.15) is 0 Å². The van der Waals surface area contributed by atoms with Crippen LogP contribution in [0.3, 0.4) is 0 Å². The third-order valence-electron chi connectivity index (χ3n) is 7.94. The molecule has 0 spiro atoms. The zero-order chi connectivity index (χ0) is 28.2. The van der Waals surface area contributed by atoms with Gasteiger partial charge in [0.1, 0.15) is 4.60 Å². The minimum Gasteiger partial charge on any atom is -0.399 e. The van der Waals surface area contributed by atoms with Gasteiger partial charge >= 0.3 is 7.12 Å². The molecule has 0 radical (unpaired) electrons. The second kappa shape index (κ2) is 12.9. The number of fused-ring (bicyclic) bond motifs is 2. The SMILES string of the molecule is Brc1ccc2c(n1)CCCC2.CC1(C)OB(c2cncs2)OC1(C)C.c1ncc(-c2ccc3c(n2)CCCC3)s1. The molecule has 3 aliphatic rings. The number of halogens is 1. The Balaban J connectivity index is 0.000000123. The highest BCUT2D eigenvalue weighted by atomic mass is 79.9. The third kappa shape index (κ3) is 7.08. The quantitative estimate of drug-likeness (QED) is 0.170. The molecule has 0 atom stereocenters. The van der Waals surface area contributed by atoms with Crippen molar-refractivity contribution >= 4 is 50.5 Å². The molecule has 1 fully saturated rings. The summed E-state index contributed by atoms with van der Waals surface area (Å²) in [4.78, 5) is 18.4. The Morgan fingerprint density at radius 2 is 1.30 bits per heavy atom. The van der Waals surface area contributed by atoms with Gasteiger partial charge in [0, 0.05) is 23.8 Å². The molecule has 210 valence electrons. The first-order valence-electron chi connectivity index (χ1n) is 14.0. The van der Waals surface area contributed by atoms with Crippen molar-refractivity contribution in [2.45, 2.75) is 90.3 Å². The maximum absolute atomic E-state index is 5.86. The molecule has 2 aliphatic carbocycles. The van der Waals surface area contributed by atoms with Crippen LogP contribution < -0.4 is 4.78 Å². The predicted molar refractivity (Wildman–Crippen MR) is 168 cm³/mol. The predicted octanol–water partition coefficient (Wildman–Crippen LogP) is 7.25. The number of hydrogen-bond acceptors (Lipinski definition) is 8. The number of aromatic nitrogens is 4. The van der Waals surface area contributed by atoms with Gasteiger partial charge < -0.3 is 9.31 Å². The van der Waals surface area contributed by atoms with Crippen LogP contribution in [0.1, 0.15) is 75.9 Å². The lowest BCUT2D eigenvalue weighted by atomic mass is 9.89. The summed E-state index contributed by atoms with van der Waals surface area (Å²) < 4.78 is 13.7. The molecule has 5 heterocycles. The molecule has 4 aromatic heterocycles. The normalized spacial score (nSPS) is 18.5. The molecule has 0 saturated carbocycles. The van der Waals surface area contributed by atoms with Crippen LogP contribution >= 0.6 is 38.6 Å². The summed E-state index contributed by atoms with van der Waals surface area (Å²) in [6, 6.07) is 8.57. The Bertz CT molecular complexity index is 1380. The largest absolute Gasteiger partial charge is 0.507 e. The van der Waals surface area contributed by atoms with Crippen LogP contribution in [-0.2, 0) is 35.0 Å². The molecular weight excluding hydrogens is 603 g/mol. The molecule has 7 rings (SSSR count). The van der Waals surface area contributed by atoms with E-state index in [4.69, 9.17) is 14.3 Å². The molecule has 1 saturated heterocycles. The van der Waals surface area contributed by atoms with Crippen molar-refractivity contribution < 1.29 is 9.31 Å². The zero-order valence-electron chi connectivity index (χ0n) is 23.7. The second-order valence-corrected chi connectivity index (χ2v) is 13.9. The first kappa shape index (κ1) is 29.5. The topological polar surface area (TPSA) is 70.0 Å². The van der Waals surface area contributed by atoms with E-state index in [1.807, 2.05) is 45.5 Å². The summed E-state index contributed by atoms with van der Waals surface area (Å²) in [5, 5.41) is 0. The Kier molecular flexibility index (Phi) is 9.52. The Morgan fingerprint density at radius 1 is 0.725 bits per heavy atom. The van der Waals surface area contributed by atoms with E-state index >= 15 is 0 Å². The van der Waals surface area contributed by atoms with Crippen molar-refractivity contribution in [2.24, 2.45) is 0 Å². The van der Waals surface area contributed by atoms with Gasteiger partial charge in [-0.1, -0.05) is 12.1 Å². The first-order chi connectivity index (χ1) is 19.2. The van der Waals surface area contributed by atoms with Crippen molar-refractivity contribution in [3.8, 4) is 10.6 Å². The van der Waals surface area contributed by atoms with E-state index in [2.05, 4.69) is 49.1 Å². The van der Waals surface area contributed by atoms with Gasteiger partial charge in [0.05, 0.1) is 37.6 Å². The monoisotopic (exact) mass is 638 g/mol. The summed E-state index contributed by atoms with van der Waals surface area (Å²) in [5.41, 5.74) is 9.69. The number of aryl methyl sites for hydroxylation is 4. The molecule has 6 nitrogen and oxygen atoms in total. The molecule has 0 aromatic carbocycles. The van der Waals surface area contributed by atoms with Gasteiger partial charge in [-0.3, -0.25) is 15.0 Å². The lowest BCUT2D eigenvalue weighted by Crippen LogP contribution is -2.41. The molecule has 10 heteroatoms. The van der Waals surface area contributed by atoms with Gasteiger partial charge in [-0.25, -0.2) is 4.98 Å². The maximum atomic E-state index is 5.86. The van der Waals surface area contributed by atoms with Crippen molar-refractivity contribution in [1.29, 1.82) is 0 Å². The van der Waals surface area contributed by atoms with Crippen LogP contribution in [0.2, 0.25) is 0 Å². The number of pyridine rings is 2. The van der Waals surface area contributed by atoms with Gasteiger partial charge in [0.2, 0.25) is 0 Å². The standard InChI is InChI=1S/C12H12N2S.C9H14BNO2S.C9H10BrN/c1-2-4-10-9(3-1)5-6-11(14-10)12-7-13-8-15-12;1-8(2)9(3,4)13-10(12-8)7-5-11-6-14-7;10-9-6-5-7-3-1-2-4-8(7)11-9/h5-8H,1-4H2;5-6H,1-4H3;5-6H,1-4H2. The first-order valence-corrected chi connectivity index (χ1v) is 16.5. The van der Waals surface area contributed by atoms with Crippen LogP contribution in [-0.4, -0.2) is 38.3 Å². The van der Waals surface area contributed by atoms with Crippen LogP contribution in [0.15, 0.2) is 52.3 Å². The average molecular weight is 639 g/mol. The third-order valence-corrected chi connectivity index (χ3v) is 9.98. The molecule has 4 aromatic rings. The molecule has 0 N–H and O–H groups in total. The molecule has 0 amide bonds. The van der Waals surface area contributed by atoms with E-state index in [9.17, 15) is 0 Å². The molecule has 0 bridgehead atoms. The van der Waals surface area contributed by atoms with Crippen molar-refractivity contribution in [1.82, 2.24) is 19.9 Å². The molecular formula is C30H36BBrN4O2S2. The summed E-state index contributed by atoms with van der Waals surface area (Å²) in [7, 11) is -0.257. The number of nitrogens with zero attached hydrogens (tertiary/aromatic N) is 4. The Hall–Kier alpha value is -1.98. The Labute approximate surface area is 254 Å². The maximum Gasteiger partial charge on any atom is 0.507 e. The summed E-state index contributed by atoms with van der Waals surface area (Å²) in [6.45, 7) is 8.20. The molecule has 40 heavy (non-hydrogen) atoms. The van der Waals surface area contributed by atoms with Gasteiger partial charge in [0.25, 0.3) is 0 Å². The van der Waals surface area contributed by atoms with E-state index in [1.165, 1.54) is 65.9 Å². The van der Waals surface area contributed by atoms with Crippen molar-refractivity contribution in [3.63, 3.8) is 0 Å². The highest BCUT2D eigenvalue weighted by Crippen LogP contribution is 2.36.